The SMILES string of the molecule is C.CCCNC(=O)c1cc(CC(C)=O)cc(C(=O)NCCN)c1. The molecule has 0 unspecified atom stereocenters. The molecule has 6 nitrogen and oxygen atoms in total. The number of nitrogens with two attached hydrogens (primary N) is 1. The van der Waals surface area contributed by atoms with Crippen LogP contribution in [-0.4, -0.2) is 37.2 Å². The van der Waals surface area contributed by atoms with Gasteiger partial charge in [-0.15, -0.1) is 0 Å². The topological polar surface area (TPSA) is 101 Å². The highest BCUT2D eigenvalue weighted by Crippen LogP contribution is 2.12. The summed E-state index contributed by atoms with van der Waals surface area (Å²) in [5.41, 5.74) is 6.74. The van der Waals surface area contributed by atoms with Gasteiger partial charge in [0.2, 0.25) is 0 Å². The van der Waals surface area contributed by atoms with Crippen molar-refractivity contribution in [3.8, 4) is 0 Å². The molecule has 0 aliphatic rings. The highest BCUT2D eigenvalue weighted by atomic mass is 16.2. The number of ketones is 1. The molecule has 128 valence electrons. The average molecular weight is 321 g/mol. The maximum absolute atomic E-state index is 12.1. The van der Waals surface area contributed by atoms with E-state index in [2.05, 4.69) is 10.6 Å². The van der Waals surface area contributed by atoms with Crippen LogP contribution >= 0.6 is 0 Å². The van der Waals surface area contributed by atoms with Crippen molar-refractivity contribution in [1.82, 2.24) is 10.6 Å². The van der Waals surface area contributed by atoms with Crippen LogP contribution in [0.5, 0.6) is 0 Å². The third-order valence-corrected chi connectivity index (χ3v) is 2.94. The smallest absolute Gasteiger partial charge is 0.251 e. The minimum Gasteiger partial charge on any atom is -0.352 e. The summed E-state index contributed by atoms with van der Waals surface area (Å²) in [5, 5.41) is 5.42. The van der Waals surface area contributed by atoms with Crippen LogP contribution in [0, 0.1) is 0 Å². The molecule has 0 aliphatic carbocycles. The number of hydrogen-bond acceptors (Lipinski definition) is 4. The van der Waals surface area contributed by atoms with E-state index in [1.807, 2.05) is 6.92 Å². The third-order valence-electron chi connectivity index (χ3n) is 2.94. The van der Waals surface area contributed by atoms with Crippen LogP contribution in [0.3, 0.4) is 0 Å². The summed E-state index contributed by atoms with van der Waals surface area (Å²) in [6.07, 6.45) is 1.01. The van der Waals surface area contributed by atoms with Gasteiger partial charge in [0.25, 0.3) is 11.8 Å². The molecule has 0 saturated carbocycles. The summed E-state index contributed by atoms with van der Waals surface area (Å²) in [4.78, 5) is 35.4. The van der Waals surface area contributed by atoms with Gasteiger partial charge in [-0.25, -0.2) is 0 Å². The molecule has 0 fully saturated rings. The summed E-state index contributed by atoms with van der Waals surface area (Å²) in [5.74, 6) is -0.583. The number of rotatable bonds is 8. The molecule has 0 saturated heterocycles. The Balaban J connectivity index is 0.00000484. The van der Waals surface area contributed by atoms with Gasteiger partial charge >= 0.3 is 0 Å². The summed E-state index contributed by atoms with van der Waals surface area (Å²) in [6.45, 7) is 4.68. The molecule has 0 heterocycles. The number of amides is 2. The summed E-state index contributed by atoms with van der Waals surface area (Å²) >= 11 is 0. The van der Waals surface area contributed by atoms with Gasteiger partial charge in [-0.3, -0.25) is 14.4 Å². The van der Waals surface area contributed by atoms with E-state index in [4.69, 9.17) is 5.73 Å². The molecule has 23 heavy (non-hydrogen) atoms. The highest BCUT2D eigenvalue weighted by Gasteiger charge is 2.13. The molecule has 1 aromatic rings. The lowest BCUT2D eigenvalue weighted by molar-refractivity contribution is -0.116. The first-order valence-corrected chi connectivity index (χ1v) is 7.37. The molecular formula is C17H27N3O3. The minimum absolute atomic E-state index is 0. The van der Waals surface area contributed by atoms with Gasteiger partial charge in [0.1, 0.15) is 5.78 Å². The molecule has 4 N–H and O–H groups in total. The number of hydrogen-bond donors (Lipinski definition) is 3. The Bertz CT molecular complexity index is 518. The molecule has 0 spiro atoms. The van der Waals surface area contributed by atoms with Crippen LogP contribution in [0.1, 0.15) is 54.0 Å². The normalized spacial score (nSPS) is 9.70. The molecule has 0 radical (unpaired) electrons. The van der Waals surface area contributed by atoms with Crippen molar-refractivity contribution in [2.75, 3.05) is 19.6 Å². The second-order valence-corrected chi connectivity index (χ2v) is 5.10. The molecule has 6 heteroatoms. The predicted molar refractivity (Wildman–Crippen MR) is 91.6 cm³/mol. The van der Waals surface area contributed by atoms with Crippen molar-refractivity contribution >= 4 is 17.6 Å². The first-order chi connectivity index (χ1) is 10.5. The van der Waals surface area contributed by atoms with Crippen molar-refractivity contribution in [1.29, 1.82) is 0 Å². The standard InChI is InChI=1S/C16H23N3O3.CH4/c1-3-5-18-15(21)13-8-12(7-11(2)20)9-14(10-13)16(22)19-6-4-17;/h8-10H,3-7,17H2,1-2H3,(H,18,21)(H,19,22);1H4. The lowest BCUT2D eigenvalue weighted by atomic mass is 10.0. The number of benzene rings is 1. The third kappa shape index (κ3) is 7.06. The number of nitrogens with one attached hydrogen (secondary N) is 2. The maximum atomic E-state index is 12.1. The van der Waals surface area contributed by atoms with E-state index in [0.717, 1.165) is 6.42 Å². The highest BCUT2D eigenvalue weighted by molar-refractivity contribution is 6.00. The molecule has 1 aromatic carbocycles. The van der Waals surface area contributed by atoms with Crippen molar-refractivity contribution in [3.63, 3.8) is 0 Å². The maximum Gasteiger partial charge on any atom is 0.251 e. The Morgan fingerprint density at radius 1 is 1.00 bits per heavy atom. The van der Waals surface area contributed by atoms with Gasteiger partial charge in [0.05, 0.1) is 0 Å². The largest absolute Gasteiger partial charge is 0.352 e. The Labute approximate surface area is 137 Å². The lowest BCUT2D eigenvalue weighted by Crippen LogP contribution is -2.30. The first kappa shape index (κ1) is 20.8. The number of Topliss-reactive ketones (excluding diaryl/α,β-unsaturated/α-hetero) is 1. The lowest BCUT2D eigenvalue weighted by Gasteiger charge is -2.10. The van der Waals surface area contributed by atoms with Crippen LogP contribution < -0.4 is 16.4 Å². The molecule has 0 aromatic heterocycles. The van der Waals surface area contributed by atoms with E-state index >= 15 is 0 Å². The minimum atomic E-state index is -0.305. The zero-order valence-corrected chi connectivity index (χ0v) is 13.1. The fraction of sp³-hybridized carbons (Fsp3) is 0.471. The quantitative estimate of drug-likeness (QED) is 0.671. The monoisotopic (exact) mass is 321 g/mol. The van der Waals surface area contributed by atoms with Crippen molar-refractivity contribution in [2.45, 2.75) is 34.1 Å². The second kappa shape index (κ2) is 10.5. The molecule has 0 aliphatic heterocycles. The number of carbonyl (C=O) groups is 3. The molecule has 0 atom stereocenters. The molecule has 1 rings (SSSR count). The van der Waals surface area contributed by atoms with E-state index in [0.29, 0.717) is 36.3 Å². The zero-order valence-electron chi connectivity index (χ0n) is 13.1. The van der Waals surface area contributed by atoms with Gasteiger partial charge in [-0.2, -0.15) is 0 Å². The average Bonchev–Trinajstić information content (AvgIpc) is 2.49. The summed E-state index contributed by atoms with van der Waals surface area (Å²) in [6, 6.07) is 4.80. The zero-order chi connectivity index (χ0) is 16.5. The van der Waals surface area contributed by atoms with Crippen LogP contribution in [0.15, 0.2) is 18.2 Å². The van der Waals surface area contributed by atoms with Crippen LogP contribution in [0.4, 0.5) is 0 Å². The van der Waals surface area contributed by atoms with Crippen molar-refractivity contribution < 1.29 is 14.4 Å². The first-order valence-electron chi connectivity index (χ1n) is 7.37. The Morgan fingerprint density at radius 3 is 1.96 bits per heavy atom. The Morgan fingerprint density at radius 2 is 1.52 bits per heavy atom. The van der Waals surface area contributed by atoms with Crippen LogP contribution in [0.25, 0.3) is 0 Å². The van der Waals surface area contributed by atoms with Gasteiger partial charge in [0, 0.05) is 37.2 Å². The molecule has 0 bridgehead atoms. The molecular weight excluding hydrogens is 294 g/mol. The van der Waals surface area contributed by atoms with Gasteiger partial charge in [0.15, 0.2) is 0 Å². The Hall–Kier alpha value is -2.21. The van der Waals surface area contributed by atoms with E-state index < -0.39 is 0 Å². The summed E-state index contributed by atoms with van der Waals surface area (Å²) < 4.78 is 0. The van der Waals surface area contributed by atoms with E-state index in [1.54, 1.807) is 12.1 Å². The van der Waals surface area contributed by atoms with E-state index in [-0.39, 0.29) is 31.4 Å². The van der Waals surface area contributed by atoms with Gasteiger partial charge in [-0.05, 0) is 37.1 Å². The van der Waals surface area contributed by atoms with Crippen molar-refractivity contribution in [3.05, 3.63) is 34.9 Å². The fourth-order valence-electron chi connectivity index (χ4n) is 1.97. The van der Waals surface area contributed by atoms with Gasteiger partial charge in [-0.1, -0.05) is 14.4 Å². The number of carbonyl (C=O) groups excluding carboxylic acids is 3. The molecule has 2 amide bonds. The summed E-state index contributed by atoms with van der Waals surface area (Å²) in [7, 11) is 0. The Kier molecular flexibility index (Phi) is 9.50. The van der Waals surface area contributed by atoms with Crippen molar-refractivity contribution in [2.24, 2.45) is 5.73 Å². The van der Waals surface area contributed by atoms with Gasteiger partial charge < -0.3 is 16.4 Å². The van der Waals surface area contributed by atoms with E-state index in [9.17, 15) is 14.4 Å². The van der Waals surface area contributed by atoms with E-state index in [1.165, 1.54) is 13.0 Å². The van der Waals surface area contributed by atoms with Crippen LogP contribution in [0.2, 0.25) is 0 Å². The second-order valence-electron chi connectivity index (χ2n) is 5.10. The predicted octanol–water partition coefficient (Wildman–Crippen LogP) is 1.28. The fourth-order valence-corrected chi connectivity index (χ4v) is 1.97. The van der Waals surface area contributed by atoms with Crippen LogP contribution in [-0.2, 0) is 11.2 Å².